The predicted molar refractivity (Wildman–Crippen MR) is 112 cm³/mol. The van der Waals surface area contributed by atoms with Crippen LogP contribution in [0.15, 0.2) is 88.8 Å². The number of nitrogens with zero attached hydrogens (tertiary/aromatic N) is 5. The lowest BCUT2D eigenvalue weighted by Gasteiger charge is -2.16. The first-order valence-corrected chi connectivity index (χ1v) is 11.3. The van der Waals surface area contributed by atoms with Crippen molar-refractivity contribution in [2.24, 2.45) is 0 Å². The number of hydrogen-bond donors (Lipinski definition) is 0. The third-order valence-corrected chi connectivity index (χ3v) is 7.28. The highest BCUT2D eigenvalue weighted by atomic mass is 32.2. The average molecular weight is 433 g/mol. The fourth-order valence-corrected chi connectivity index (χ4v) is 5.34. The molecule has 1 fully saturated rings. The summed E-state index contributed by atoms with van der Waals surface area (Å²) >= 11 is 0. The molecule has 0 unspecified atom stereocenters. The molecule has 0 amide bonds. The average Bonchev–Trinajstić information content (AvgIpc) is 3.49. The zero-order chi connectivity index (χ0) is 21.3. The summed E-state index contributed by atoms with van der Waals surface area (Å²) in [5.74, 6) is 0.440. The van der Waals surface area contributed by atoms with E-state index in [2.05, 4.69) is 20.1 Å². The fraction of sp³-hybridized carbons (Fsp3) is 0.182. The van der Waals surface area contributed by atoms with Gasteiger partial charge in [-0.25, -0.2) is 8.42 Å². The number of sulfonamides is 1. The molecule has 1 aromatic carbocycles. The maximum atomic E-state index is 13.2. The Hall–Kier alpha value is -3.43. The Morgan fingerprint density at radius 3 is 2.32 bits per heavy atom. The van der Waals surface area contributed by atoms with Gasteiger partial charge in [-0.3, -0.25) is 9.97 Å². The Bertz CT molecular complexity index is 1260. The topological polar surface area (TPSA) is 102 Å². The second-order valence-electron chi connectivity index (χ2n) is 7.33. The van der Waals surface area contributed by atoms with Crippen LogP contribution in [0.25, 0.3) is 11.4 Å². The van der Waals surface area contributed by atoms with Gasteiger partial charge in [-0.05, 0) is 23.8 Å². The van der Waals surface area contributed by atoms with Gasteiger partial charge >= 0.3 is 0 Å². The minimum atomic E-state index is -3.71. The van der Waals surface area contributed by atoms with E-state index in [1.807, 2.05) is 42.5 Å². The number of rotatable bonds is 5. The van der Waals surface area contributed by atoms with Crippen LogP contribution in [0.2, 0.25) is 0 Å². The van der Waals surface area contributed by atoms with Gasteiger partial charge in [0.1, 0.15) is 4.90 Å². The van der Waals surface area contributed by atoms with E-state index in [9.17, 15) is 8.42 Å². The highest BCUT2D eigenvalue weighted by molar-refractivity contribution is 7.89. The van der Waals surface area contributed by atoms with Crippen molar-refractivity contribution in [2.45, 2.75) is 16.7 Å². The van der Waals surface area contributed by atoms with Crippen molar-refractivity contribution in [2.75, 3.05) is 13.1 Å². The summed E-state index contributed by atoms with van der Waals surface area (Å²) in [5.41, 5.74) is 1.77. The highest BCUT2D eigenvalue weighted by Crippen LogP contribution is 2.41. The van der Waals surface area contributed by atoms with E-state index >= 15 is 0 Å². The predicted octanol–water partition coefficient (Wildman–Crippen LogP) is 3.10. The van der Waals surface area contributed by atoms with E-state index in [0.717, 1.165) is 11.1 Å². The minimum Gasteiger partial charge on any atom is -0.339 e. The van der Waals surface area contributed by atoms with E-state index in [4.69, 9.17) is 4.52 Å². The number of aromatic nitrogens is 4. The van der Waals surface area contributed by atoms with Gasteiger partial charge in [0.2, 0.25) is 21.7 Å². The molecule has 3 aromatic heterocycles. The lowest BCUT2D eigenvalue weighted by atomic mass is 9.90. The fourth-order valence-electron chi connectivity index (χ4n) is 3.89. The summed E-state index contributed by atoms with van der Waals surface area (Å²) in [6, 6.07) is 16.5. The molecule has 2 atom stereocenters. The summed E-state index contributed by atoms with van der Waals surface area (Å²) in [5, 5.41) is 4.12. The van der Waals surface area contributed by atoms with Crippen molar-refractivity contribution in [3.8, 4) is 11.4 Å². The van der Waals surface area contributed by atoms with Gasteiger partial charge in [0.25, 0.3) is 0 Å². The molecule has 31 heavy (non-hydrogen) atoms. The summed E-state index contributed by atoms with van der Waals surface area (Å²) in [6.45, 7) is 0.518. The second-order valence-corrected chi connectivity index (χ2v) is 9.27. The van der Waals surface area contributed by atoms with Crippen LogP contribution in [0.1, 0.15) is 23.3 Å². The molecule has 4 aromatic rings. The molecule has 0 N–H and O–H groups in total. The van der Waals surface area contributed by atoms with Crippen LogP contribution in [0, 0.1) is 0 Å². The number of hydrogen-bond acceptors (Lipinski definition) is 7. The Morgan fingerprint density at radius 1 is 0.871 bits per heavy atom. The molecule has 0 saturated carbocycles. The van der Waals surface area contributed by atoms with Crippen molar-refractivity contribution in [1.29, 1.82) is 0 Å². The molecule has 0 bridgehead atoms. The first-order valence-electron chi connectivity index (χ1n) is 9.82. The summed E-state index contributed by atoms with van der Waals surface area (Å²) < 4.78 is 33.5. The van der Waals surface area contributed by atoms with Crippen LogP contribution < -0.4 is 0 Å². The minimum absolute atomic E-state index is 0.163. The van der Waals surface area contributed by atoms with E-state index in [-0.39, 0.29) is 29.8 Å². The van der Waals surface area contributed by atoms with Crippen molar-refractivity contribution in [1.82, 2.24) is 24.4 Å². The molecule has 156 valence electrons. The van der Waals surface area contributed by atoms with E-state index < -0.39 is 10.0 Å². The van der Waals surface area contributed by atoms with Gasteiger partial charge in [-0.1, -0.05) is 41.6 Å². The molecular weight excluding hydrogens is 414 g/mol. The van der Waals surface area contributed by atoms with Crippen molar-refractivity contribution >= 4 is 10.0 Å². The molecule has 1 aliphatic rings. The molecule has 0 spiro atoms. The van der Waals surface area contributed by atoms with Crippen LogP contribution in [-0.2, 0) is 10.0 Å². The molecule has 4 heterocycles. The Morgan fingerprint density at radius 2 is 1.61 bits per heavy atom. The second kappa shape index (κ2) is 8.01. The van der Waals surface area contributed by atoms with Gasteiger partial charge < -0.3 is 4.52 Å². The highest BCUT2D eigenvalue weighted by Gasteiger charge is 2.43. The van der Waals surface area contributed by atoms with E-state index in [1.54, 1.807) is 30.7 Å². The van der Waals surface area contributed by atoms with Gasteiger partial charge in [0.15, 0.2) is 0 Å². The van der Waals surface area contributed by atoms with Gasteiger partial charge in [0.05, 0.1) is 5.92 Å². The quantitative estimate of drug-likeness (QED) is 0.476. The molecular formula is C22H19N5O3S. The Labute approximate surface area is 179 Å². The molecule has 1 saturated heterocycles. The molecule has 8 nitrogen and oxygen atoms in total. The van der Waals surface area contributed by atoms with Crippen molar-refractivity contribution < 1.29 is 12.9 Å². The van der Waals surface area contributed by atoms with Crippen LogP contribution >= 0.6 is 0 Å². The monoisotopic (exact) mass is 433 g/mol. The molecule has 0 aliphatic carbocycles. The molecule has 9 heteroatoms. The van der Waals surface area contributed by atoms with Gasteiger partial charge in [0, 0.05) is 49.4 Å². The van der Waals surface area contributed by atoms with Crippen molar-refractivity contribution in [3.05, 3.63) is 90.8 Å². The zero-order valence-corrected chi connectivity index (χ0v) is 17.3. The Balaban J connectivity index is 1.51. The summed E-state index contributed by atoms with van der Waals surface area (Å²) in [7, 11) is -3.71. The van der Waals surface area contributed by atoms with Crippen LogP contribution in [-0.4, -0.2) is 45.9 Å². The summed E-state index contributed by atoms with van der Waals surface area (Å²) in [4.78, 5) is 12.9. The maximum absolute atomic E-state index is 13.2. The third-order valence-electron chi connectivity index (χ3n) is 5.46. The maximum Gasteiger partial charge on any atom is 0.244 e. The zero-order valence-electron chi connectivity index (χ0n) is 16.4. The first-order chi connectivity index (χ1) is 15.1. The van der Waals surface area contributed by atoms with Crippen LogP contribution in [0.4, 0.5) is 0 Å². The molecule has 5 rings (SSSR count). The lowest BCUT2D eigenvalue weighted by Crippen LogP contribution is -2.29. The molecule has 1 aliphatic heterocycles. The molecule has 0 radical (unpaired) electrons. The third kappa shape index (κ3) is 3.73. The first kappa shape index (κ1) is 19.5. The summed E-state index contributed by atoms with van der Waals surface area (Å²) in [6.07, 6.45) is 6.36. The largest absolute Gasteiger partial charge is 0.339 e. The normalized spacial score (nSPS) is 19.5. The Kier molecular flexibility index (Phi) is 5.05. The van der Waals surface area contributed by atoms with E-state index in [1.165, 1.54) is 10.5 Å². The number of pyridine rings is 2. The van der Waals surface area contributed by atoms with E-state index in [0.29, 0.717) is 11.7 Å². The van der Waals surface area contributed by atoms with Gasteiger partial charge in [-0.2, -0.15) is 9.29 Å². The SMILES string of the molecule is O=S(=O)(c1cccnc1)N1C[C@@H](c2cccnc2)[C@H](c2nc(-c3ccccc3)no2)C1. The lowest BCUT2D eigenvalue weighted by molar-refractivity contribution is 0.348. The van der Waals surface area contributed by atoms with Crippen molar-refractivity contribution in [3.63, 3.8) is 0 Å². The van der Waals surface area contributed by atoms with Gasteiger partial charge in [-0.15, -0.1) is 0 Å². The smallest absolute Gasteiger partial charge is 0.244 e. The van der Waals surface area contributed by atoms with Crippen LogP contribution in [0.5, 0.6) is 0 Å². The van der Waals surface area contributed by atoms with Crippen LogP contribution in [0.3, 0.4) is 0 Å². The standard InChI is InChI=1S/C22H19N5O3S/c28-31(29,18-9-5-11-24-13-18)27-14-19(17-8-4-10-23-12-17)20(15-27)22-25-21(26-30-22)16-6-2-1-3-7-16/h1-13,19-20H,14-15H2/t19-,20+/m0/s1. The number of benzene rings is 1.